The number of halogens is 1. The first kappa shape index (κ1) is 9.77. The van der Waals surface area contributed by atoms with Crippen molar-refractivity contribution in [2.24, 2.45) is 0 Å². The average Bonchev–Trinajstić information content (AvgIpc) is 2.55. The molecule has 0 unspecified atom stereocenters. The Morgan fingerprint density at radius 1 is 0.938 bits per heavy atom. The lowest BCUT2D eigenvalue weighted by Crippen LogP contribution is -2.17. The van der Waals surface area contributed by atoms with Crippen LogP contribution in [0, 0.1) is 0 Å². The summed E-state index contributed by atoms with van der Waals surface area (Å²) >= 11 is 1.75. The van der Waals surface area contributed by atoms with Crippen LogP contribution in [0.5, 0.6) is 0 Å². The molecule has 4 heteroatoms. The third-order valence-electron chi connectivity index (χ3n) is 2.73. The van der Waals surface area contributed by atoms with Gasteiger partial charge < -0.3 is 0 Å². The highest BCUT2D eigenvalue weighted by atomic mass is 127. The molecule has 3 rings (SSSR count). The van der Waals surface area contributed by atoms with Gasteiger partial charge in [-0.3, -0.25) is 9.59 Å². The molecule has 0 atom stereocenters. The van der Waals surface area contributed by atoms with E-state index in [0.717, 1.165) is 13.9 Å². The van der Waals surface area contributed by atoms with Gasteiger partial charge in [0.05, 0.1) is 34.0 Å². The van der Waals surface area contributed by atoms with Crippen LogP contribution in [0.1, 0.15) is 20.7 Å². The zero-order chi connectivity index (χ0) is 11.3. The SMILES string of the molecule is O=C1c2ccc3ccccc3c2C(=O)N1I. The molecular weight excluding hydrogens is 317 g/mol. The first-order chi connectivity index (χ1) is 7.70. The number of carbonyl (C=O) groups is 2. The average molecular weight is 323 g/mol. The molecular formula is C12H6INO2. The maximum absolute atomic E-state index is 11.9. The van der Waals surface area contributed by atoms with Gasteiger partial charge in [0.1, 0.15) is 0 Å². The van der Waals surface area contributed by atoms with Crippen LogP contribution in [0.4, 0.5) is 0 Å². The van der Waals surface area contributed by atoms with E-state index in [-0.39, 0.29) is 11.8 Å². The lowest BCUT2D eigenvalue weighted by molar-refractivity contribution is 0.0797. The van der Waals surface area contributed by atoms with E-state index in [0.29, 0.717) is 11.1 Å². The summed E-state index contributed by atoms with van der Waals surface area (Å²) in [4.78, 5) is 23.7. The summed E-state index contributed by atoms with van der Waals surface area (Å²) in [6.07, 6.45) is 0. The second-order valence-electron chi connectivity index (χ2n) is 3.60. The molecule has 78 valence electrons. The molecule has 0 saturated carbocycles. The number of nitrogens with zero attached hydrogens (tertiary/aromatic N) is 1. The van der Waals surface area contributed by atoms with E-state index in [4.69, 9.17) is 0 Å². The minimum absolute atomic E-state index is 0.225. The summed E-state index contributed by atoms with van der Waals surface area (Å²) in [7, 11) is 0. The van der Waals surface area contributed by atoms with Crippen molar-refractivity contribution < 1.29 is 9.59 Å². The van der Waals surface area contributed by atoms with Crippen LogP contribution in [0.25, 0.3) is 10.8 Å². The summed E-state index contributed by atoms with van der Waals surface area (Å²) in [5, 5.41) is 1.83. The van der Waals surface area contributed by atoms with E-state index in [1.807, 2.05) is 30.3 Å². The summed E-state index contributed by atoms with van der Waals surface area (Å²) in [6, 6.07) is 11.2. The highest BCUT2D eigenvalue weighted by Crippen LogP contribution is 2.31. The number of hydrogen-bond donors (Lipinski definition) is 0. The second kappa shape index (κ2) is 3.28. The number of imide groups is 1. The molecule has 3 nitrogen and oxygen atoms in total. The Morgan fingerprint density at radius 2 is 1.69 bits per heavy atom. The van der Waals surface area contributed by atoms with Crippen molar-refractivity contribution in [3.8, 4) is 0 Å². The van der Waals surface area contributed by atoms with Crippen LogP contribution in [0.15, 0.2) is 36.4 Å². The fourth-order valence-corrected chi connectivity index (χ4v) is 2.48. The molecule has 2 amide bonds. The minimum Gasteiger partial charge on any atom is -0.268 e. The third kappa shape index (κ3) is 1.13. The van der Waals surface area contributed by atoms with Gasteiger partial charge >= 0.3 is 0 Å². The molecule has 0 aliphatic carbocycles. The zero-order valence-electron chi connectivity index (χ0n) is 8.11. The van der Waals surface area contributed by atoms with Crippen molar-refractivity contribution in [3.63, 3.8) is 0 Å². The number of benzene rings is 2. The summed E-state index contributed by atoms with van der Waals surface area (Å²) < 4.78 is 1.13. The van der Waals surface area contributed by atoms with Crippen LogP contribution in [-0.2, 0) is 0 Å². The van der Waals surface area contributed by atoms with E-state index >= 15 is 0 Å². The predicted octanol–water partition coefficient (Wildman–Crippen LogP) is 2.79. The Hall–Kier alpha value is -1.43. The van der Waals surface area contributed by atoms with E-state index in [1.165, 1.54) is 0 Å². The molecule has 1 aliphatic heterocycles. The van der Waals surface area contributed by atoms with Crippen LogP contribution >= 0.6 is 22.9 Å². The zero-order valence-corrected chi connectivity index (χ0v) is 10.3. The Morgan fingerprint density at radius 3 is 2.50 bits per heavy atom. The van der Waals surface area contributed by atoms with Gasteiger partial charge in [0.25, 0.3) is 11.8 Å². The molecule has 0 radical (unpaired) electrons. The molecule has 16 heavy (non-hydrogen) atoms. The number of amides is 2. The lowest BCUT2D eigenvalue weighted by atomic mass is 10.0. The van der Waals surface area contributed by atoms with E-state index in [1.54, 1.807) is 28.9 Å². The van der Waals surface area contributed by atoms with Crippen molar-refractivity contribution in [1.82, 2.24) is 3.11 Å². The van der Waals surface area contributed by atoms with Crippen LogP contribution in [0.2, 0.25) is 0 Å². The molecule has 0 bridgehead atoms. The van der Waals surface area contributed by atoms with Gasteiger partial charge in [-0.15, -0.1) is 0 Å². The van der Waals surface area contributed by atoms with E-state index in [9.17, 15) is 9.59 Å². The van der Waals surface area contributed by atoms with Gasteiger partial charge in [0, 0.05) is 0 Å². The van der Waals surface area contributed by atoms with E-state index in [2.05, 4.69) is 0 Å². The quantitative estimate of drug-likeness (QED) is 0.425. The molecule has 1 aliphatic rings. The van der Waals surface area contributed by atoms with Gasteiger partial charge in [-0.25, -0.2) is 3.11 Å². The smallest absolute Gasteiger partial charge is 0.268 e. The van der Waals surface area contributed by atoms with Gasteiger partial charge in [-0.05, 0) is 16.8 Å². The maximum Gasteiger partial charge on any atom is 0.271 e. The number of fused-ring (bicyclic) bond motifs is 3. The second-order valence-corrected chi connectivity index (χ2v) is 4.57. The Kier molecular flexibility index (Phi) is 2.00. The van der Waals surface area contributed by atoms with Crippen LogP contribution < -0.4 is 0 Å². The molecule has 0 N–H and O–H groups in total. The third-order valence-corrected chi connectivity index (χ3v) is 3.61. The molecule has 2 aromatic carbocycles. The first-order valence-corrected chi connectivity index (χ1v) is 5.73. The summed E-state index contributed by atoms with van der Waals surface area (Å²) in [5.74, 6) is -0.455. The lowest BCUT2D eigenvalue weighted by Gasteiger charge is -2.01. The minimum atomic E-state index is -0.230. The van der Waals surface area contributed by atoms with Crippen LogP contribution in [-0.4, -0.2) is 14.9 Å². The first-order valence-electron chi connectivity index (χ1n) is 4.76. The maximum atomic E-state index is 11.9. The fraction of sp³-hybridized carbons (Fsp3) is 0. The Balaban J connectivity index is 2.46. The molecule has 0 spiro atoms. The van der Waals surface area contributed by atoms with Gasteiger partial charge in [0.2, 0.25) is 0 Å². The molecule has 0 aromatic heterocycles. The van der Waals surface area contributed by atoms with Gasteiger partial charge in [-0.1, -0.05) is 30.3 Å². The normalized spacial score (nSPS) is 14.7. The molecule has 2 aromatic rings. The largest absolute Gasteiger partial charge is 0.271 e. The predicted molar refractivity (Wildman–Crippen MR) is 68.5 cm³/mol. The number of rotatable bonds is 0. The Bertz CT molecular complexity index is 636. The number of carbonyl (C=O) groups excluding carboxylic acids is 2. The van der Waals surface area contributed by atoms with Crippen molar-refractivity contribution in [1.29, 1.82) is 0 Å². The highest BCUT2D eigenvalue weighted by Gasteiger charge is 2.35. The Labute approximate surface area is 106 Å². The highest BCUT2D eigenvalue weighted by molar-refractivity contribution is 14.1. The van der Waals surface area contributed by atoms with Crippen molar-refractivity contribution in [2.75, 3.05) is 0 Å². The van der Waals surface area contributed by atoms with Crippen LogP contribution in [0.3, 0.4) is 0 Å². The van der Waals surface area contributed by atoms with Gasteiger partial charge in [0.15, 0.2) is 0 Å². The summed E-state index contributed by atoms with van der Waals surface area (Å²) in [5.41, 5.74) is 1.02. The monoisotopic (exact) mass is 323 g/mol. The molecule has 0 fully saturated rings. The number of hydrogen-bond acceptors (Lipinski definition) is 2. The van der Waals surface area contributed by atoms with Crippen molar-refractivity contribution in [3.05, 3.63) is 47.5 Å². The summed E-state index contributed by atoms with van der Waals surface area (Å²) in [6.45, 7) is 0. The van der Waals surface area contributed by atoms with Crippen molar-refractivity contribution in [2.45, 2.75) is 0 Å². The van der Waals surface area contributed by atoms with Crippen molar-refractivity contribution >= 4 is 45.5 Å². The molecule has 0 saturated heterocycles. The molecule has 1 heterocycles. The van der Waals surface area contributed by atoms with Gasteiger partial charge in [-0.2, -0.15) is 0 Å². The topological polar surface area (TPSA) is 37.4 Å². The van der Waals surface area contributed by atoms with E-state index < -0.39 is 0 Å². The fourth-order valence-electron chi connectivity index (χ4n) is 1.98. The standard InChI is InChI=1S/C12H6INO2/c13-14-11(15)9-6-5-7-3-1-2-4-8(7)10(9)12(14)16/h1-6H.